The molecule has 0 atom stereocenters. The second kappa shape index (κ2) is 11.0. The minimum Gasteiger partial charge on any atom is -0.494 e. The Hall–Kier alpha value is -4.60. The van der Waals surface area contributed by atoms with Gasteiger partial charge in [-0.3, -0.25) is 14.9 Å². The molecule has 0 aliphatic carbocycles. The number of urea groups is 1. The van der Waals surface area contributed by atoms with Crippen molar-refractivity contribution < 1.29 is 38.5 Å². The molecule has 4 amide bonds. The molecule has 0 saturated carbocycles. The molecule has 35 heavy (non-hydrogen) atoms. The summed E-state index contributed by atoms with van der Waals surface area (Å²) in [6.45, 7) is 5.40. The number of methoxy groups -OCH3 is 1. The molecule has 0 bridgehead atoms. The number of amides is 4. The predicted molar refractivity (Wildman–Crippen MR) is 127 cm³/mol. The van der Waals surface area contributed by atoms with Crippen molar-refractivity contribution in [3.63, 3.8) is 0 Å². The maximum Gasteiger partial charge on any atom is 0.341 e. The van der Waals surface area contributed by atoms with Crippen LogP contribution >= 0.6 is 0 Å². The number of carbonyl (C=O) groups is 4. The number of hydrogen-bond acceptors (Lipinski definition) is 7. The van der Waals surface area contributed by atoms with Gasteiger partial charge in [0.25, 0.3) is 11.8 Å². The van der Waals surface area contributed by atoms with E-state index < -0.39 is 30.4 Å². The highest BCUT2D eigenvalue weighted by Gasteiger charge is 2.37. The van der Waals surface area contributed by atoms with Crippen molar-refractivity contribution in [2.45, 2.75) is 13.3 Å². The molecule has 0 unspecified atom stereocenters. The van der Waals surface area contributed by atoms with E-state index in [2.05, 4.69) is 11.9 Å². The van der Waals surface area contributed by atoms with Gasteiger partial charge in [-0.1, -0.05) is 6.08 Å². The average Bonchev–Trinajstić information content (AvgIpc) is 2.82. The Morgan fingerprint density at radius 1 is 1.14 bits per heavy atom. The van der Waals surface area contributed by atoms with E-state index in [0.717, 1.165) is 4.90 Å². The van der Waals surface area contributed by atoms with E-state index in [4.69, 9.17) is 19.3 Å². The van der Waals surface area contributed by atoms with Crippen molar-refractivity contribution >= 4 is 35.6 Å². The maximum atomic E-state index is 13.2. The van der Waals surface area contributed by atoms with Crippen molar-refractivity contribution in [1.82, 2.24) is 5.32 Å². The van der Waals surface area contributed by atoms with Gasteiger partial charge >= 0.3 is 12.0 Å². The molecule has 2 aromatic carbocycles. The number of benzene rings is 2. The first kappa shape index (κ1) is 25.0. The molecule has 1 heterocycles. The number of allylic oxidation sites excluding steroid dienone is 1. The number of aliphatic carboxylic acids is 1. The summed E-state index contributed by atoms with van der Waals surface area (Å²) < 4.78 is 16.1. The number of nitrogens with zero attached hydrogens (tertiary/aromatic N) is 1. The van der Waals surface area contributed by atoms with Crippen LogP contribution in [0.4, 0.5) is 10.5 Å². The Balaban J connectivity index is 2.01. The van der Waals surface area contributed by atoms with Crippen molar-refractivity contribution in [2.24, 2.45) is 0 Å². The lowest BCUT2D eigenvalue weighted by atomic mass is 10.0. The zero-order valence-electron chi connectivity index (χ0n) is 19.2. The lowest BCUT2D eigenvalue weighted by Crippen LogP contribution is -2.54. The van der Waals surface area contributed by atoms with Crippen molar-refractivity contribution in [3.8, 4) is 17.2 Å². The molecule has 1 fully saturated rings. The van der Waals surface area contributed by atoms with Crippen LogP contribution in [-0.2, 0) is 20.8 Å². The smallest absolute Gasteiger partial charge is 0.341 e. The normalized spacial score (nSPS) is 14.5. The third-order valence-electron chi connectivity index (χ3n) is 4.90. The Morgan fingerprint density at radius 3 is 2.46 bits per heavy atom. The van der Waals surface area contributed by atoms with Gasteiger partial charge in [-0.05, 0) is 61.4 Å². The Bertz CT molecular complexity index is 1200. The third kappa shape index (κ3) is 5.67. The van der Waals surface area contributed by atoms with Crippen LogP contribution in [-0.4, -0.2) is 49.2 Å². The first-order valence-electron chi connectivity index (χ1n) is 10.6. The summed E-state index contributed by atoms with van der Waals surface area (Å²) in [5, 5.41) is 11.1. The van der Waals surface area contributed by atoms with E-state index in [1.54, 1.807) is 24.3 Å². The molecule has 2 N–H and O–H groups in total. The quantitative estimate of drug-likeness (QED) is 0.301. The molecule has 1 aliphatic rings. The van der Waals surface area contributed by atoms with E-state index in [-0.39, 0.29) is 22.8 Å². The molecule has 1 saturated heterocycles. The van der Waals surface area contributed by atoms with E-state index >= 15 is 0 Å². The van der Waals surface area contributed by atoms with Gasteiger partial charge in [-0.2, -0.15) is 0 Å². The minimum atomic E-state index is -1.16. The van der Waals surface area contributed by atoms with Crippen LogP contribution in [0.2, 0.25) is 0 Å². The highest BCUT2D eigenvalue weighted by molar-refractivity contribution is 6.39. The fourth-order valence-electron chi connectivity index (χ4n) is 3.44. The first-order valence-corrected chi connectivity index (χ1v) is 10.6. The maximum absolute atomic E-state index is 13.2. The topological polar surface area (TPSA) is 131 Å². The number of carboxylic acids is 1. The fraction of sp³-hybridized carbons (Fsp3) is 0.200. The molecule has 0 radical (unpaired) electrons. The largest absolute Gasteiger partial charge is 0.494 e. The molecule has 0 spiro atoms. The SMILES string of the molecule is C=CCc1cc(/C=C2\C(=O)NC(=O)N(c3ccc(OCC)cc3)C2=O)cc(OC)c1OCC(=O)O. The van der Waals surface area contributed by atoms with Crippen LogP contribution < -0.4 is 24.4 Å². The van der Waals surface area contributed by atoms with Crippen LogP contribution in [0.15, 0.2) is 54.6 Å². The van der Waals surface area contributed by atoms with Crippen molar-refractivity contribution in [3.05, 3.63) is 65.8 Å². The molecule has 0 aromatic heterocycles. The number of ether oxygens (including phenoxy) is 3. The summed E-state index contributed by atoms with van der Waals surface area (Å²) in [5.74, 6) is -1.83. The number of carbonyl (C=O) groups excluding carboxylic acids is 3. The summed E-state index contributed by atoms with van der Waals surface area (Å²) in [6.07, 6.45) is 3.21. The molecule has 10 heteroatoms. The number of hydrogen-bond donors (Lipinski definition) is 2. The summed E-state index contributed by atoms with van der Waals surface area (Å²) in [7, 11) is 1.38. The van der Waals surface area contributed by atoms with E-state index in [1.165, 1.54) is 31.4 Å². The summed E-state index contributed by atoms with van der Waals surface area (Å²) >= 11 is 0. The second-order valence-corrected chi connectivity index (χ2v) is 7.27. The monoisotopic (exact) mass is 480 g/mol. The number of rotatable bonds is 10. The van der Waals surface area contributed by atoms with Gasteiger partial charge < -0.3 is 19.3 Å². The zero-order chi connectivity index (χ0) is 25.5. The van der Waals surface area contributed by atoms with E-state index in [1.807, 2.05) is 6.92 Å². The van der Waals surface area contributed by atoms with Gasteiger partial charge in [0.05, 0.1) is 19.4 Å². The number of imide groups is 2. The highest BCUT2D eigenvalue weighted by Crippen LogP contribution is 2.35. The molecular formula is C25H24N2O8. The first-order chi connectivity index (χ1) is 16.8. The van der Waals surface area contributed by atoms with Crippen LogP contribution in [0.25, 0.3) is 6.08 Å². The van der Waals surface area contributed by atoms with Crippen LogP contribution in [0.3, 0.4) is 0 Å². The molecule has 10 nitrogen and oxygen atoms in total. The standard InChI is InChI=1S/C25H24N2O8/c1-4-6-16-11-15(13-20(33-3)22(16)35-14-21(28)29)12-19-23(30)26-25(32)27(24(19)31)17-7-9-18(10-8-17)34-5-2/h4,7-13H,1,5-6,14H2,2-3H3,(H,28,29)(H,26,30,32)/b19-12+. The second-order valence-electron chi connectivity index (χ2n) is 7.27. The molecule has 1 aliphatic heterocycles. The Labute approximate surface area is 201 Å². The predicted octanol–water partition coefficient (Wildman–Crippen LogP) is 2.95. The van der Waals surface area contributed by atoms with Crippen LogP contribution in [0.5, 0.6) is 17.2 Å². The molecular weight excluding hydrogens is 456 g/mol. The van der Waals surface area contributed by atoms with Gasteiger partial charge in [0.2, 0.25) is 0 Å². The summed E-state index contributed by atoms with van der Waals surface area (Å²) in [4.78, 5) is 50.0. The van der Waals surface area contributed by atoms with Gasteiger partial charge in [-0.25, -0.2) is 14.5 Å². The molecule has 3 rings (SSSR count). The number of anilines is 1. The van der Waals surface area contributed by atoms with Crippen molar-refractivity contribution in [1.29, 1.82) is 0 Å². The van der Waals surface area contributed by atoms with Gasteiger partial charge in [0, 0.05) is 5.56 Å². The number of nitrogens with one attached hydrogen (secondary N) is 1. The third-order valence-corrected chi connectivity index (χ3v) is 4.90. The Morgan fingerprint density at radius 2 is 1.86 bits per heavy atom. The minimum absolute atomic E-state index is 0.209. The van der Waals surface area contributed by atoms with Gasteiger partial charge in [0.15, 0.2) is 18.1 Å². The number of carboxylic acid groups (broad SMARTS) is 1. The number of barbiturate groups is 1. The summed E-state index contributed by atoms with van der Waals surface area (Å²) in [6, 6.07) is 8.54. The van der Waals surface area contributed by atoms with Crippen LogP contribution in [0, 0.1) is 0 Å². The summed E-state index contributed by atoms with van der Waals surface area (Å²) in [5.41, 5.74) is 0.928. The lowest BCUT2D eigenvalue weighted by Gasteiger charge is -2.26. The fourth-order valence-corrected chi connectivity index (χ4v) is 3.44. The van der Waals surface area contributed by atoms with E-state index in [0.29, 0.717) is 29.9 Å². The lowest BCUT2D eigenvalue weighted by molar-refractivity contribution is -0.139. The Kier molecular flexibility index (Phi) is 7.88. The molecule has 182 valence electrons. The highest BCUT2D eigenvalue weighted by atomic mass is 16.5. The van der Waals surface area contributed by atoms with Gasteiger partial charge in [-0.15, -0.1) is 6.58 Å². The van der Waals surface area contributed by atoms with Crippen LogP contribution in [0.1, 0.15) is 18.1 Å². The van der Waals surface area contributed by atoms with Crippen molar-refractivity contribution in [2.75, 3.05) is 25.2 Å². The molecule has 2 aromatic rings. The van der Waals surface area contributed by atoms with E-state index in [9.17, 15) is 19.2 Å². The zero-order valence-corrected chi connectivity index (χ0v) is 19.2. The average molecular weight is 480 g/mol. The van der Waals surface area contributed by atoms with Gasteiger partial charge in [0.1, 0.15) is 11.3 Å².